The zero-order valence-corrected chi connectivity index (χ0v) is 12.0. The number of furan rings is 1. The zero-order valence-electron chi connectivity index (χ0n) is 12.0. The van der Waals surface area contributed by atoms with Crippen LogP contribution in [0.1, 0.15) is 31.4 Å². The molecular weight excluding hydrogens is 270 g/mol. The first-order chi connectivity index (χ1) is 10.2. The maximum atomic E-state index is 11.4. The van der Waals surface area contributed by atoms with Crippen LogP contribution in [0, 0.1) is 0 Å². The molecule has 2 N–H and O–H groups in total. The summed E-state index contributed by atoms with van der Waals surface area (Å²) in [7, 11) is 0. The standard InChI is InChI=1S/C16H21NO4/c18-13-14(19)7-2-1-5-11-17-16(20)10-4-3-8-15-9-6-12-21-15/h3-4,6,8-10,12,18H,1-2,5,7,11,13H2,(H,17,20)/b8-3+,10-4+. The number of nitrogens with one attached hydrogen (secondary N) is 1. The second-order valence-electron chi connectivity index (χ2n) is 4.53. The molecule has 0 spiro atoms. The molecule has 5 nitrogen and oxygen atoms in total. The number of Topliss-reactive ketones (excluding diaryl/α,β-unsaturated/α-hetero) is 1. The van der Waals surface area contributed by atoms with Crippen LogP contribution < -0.4 is 5.32 Å². The van der Waals surface area contributed by atoms with E-state index in [1.54, 1.807) is 30.6 Å². The highest BCUT2D eigenvalue weighted by molar-refractivity contribution is 5.87. The highest BCUT2D eigenvalue weighted by Gasteiger charge is 1.99. The van der Waals surface area contributed by atoms with E-state index in [1.807, 2.05) is 6.07 Å². The molecule has 0 aliphatic rings. The van der Waals surface area contributed by atoms with Gasteiger partial charge in [0.05, 0.1) is 6.26 Å². The van der Waals surface area contributed by atoms with E-state index in [0.29, 0.717) is 13.0 Å². The third-order valence-corrected chi connectivity index (χ3v) is 2.77. The van der Waals surface area contributed by atoms with Crippen LogP contribution in [0.2, 0.25) is 0 Å². The normalized spacial score (nSPS) is 11.3. The minimum absolute atomic E-state index is 0.134. The quantitative estimate of drug-likeness (QED) is 0.393. The van der Waals surface area contributed by atoms with Gasteiger partial charge in [-0.25, -0.2) is 0 Å². The topological polar surface area (TPSA) is 79.5 Å². The molecule has 0 saturated carbocycles. The number of rotatable bonds is 10. The monoisotopic (exact) mass is 291 g/mol. The molecule has 0 aliphatic carbocycles. The molecule has 21 heavy (non-hydrogen) atoms. The van der Waals surface area contributed by atoms with Gasteiger partial charge in [-0.15, -0.1) is 0 Å². The molecule has 0 unspecified atom stereocenters. The Morgan fingerprint density at radius 1 is 1.24 bits per heavy atom. The predicted molar refractivity (Wildman–Crippen MR) is 80.5 cm³/mol. The summed E-state index contributed by atoms with van der Waals surface area (Å²) in [6.45, 7) is 0.200. The number of aliphatic hydroxyl groups excluding tert-OH is 1. The van der Waals surface area contributed by atoms with Gasteiger partial charge in [0.1, 0.15) is 12.4 Å². The van der Waals surface area contributed by atoms with Gasteiger partial charge >= 0.3 is 0 Å². The molecule has 1 aromatic rings. The van der Waals surface area contributed by atoms with Crippen molar-refractivity contribution in [2.75, 3.05) is 13.2 Å². The average Bonchev–Trinajstić information content (AvgIpc) is 3.00. The van der Waals surface area contributed by atoms with Crippen LogP contribution in [0.5, 0.6) is 0 Å². The van der Waals surface area contributed by atoms with Crippen molar-refractivity contribution in [3.8, 4) is 0 Å². The largest absolute Gasteiger partial charge is 0.465 e. The number of allylic oxidation sites excluding steroid dienone is 2. The van der Waals surface area contributed by atoms with E-state index in [-0.39, 0.29) is 18.3 Å². The Balaban J connectivity index is 2.04. The van der Waals surface area contributed by atoms with Crippen LogP contribution in [0.25, 0.3) is 6.08 Å². The van der Waals surface area contributed by atoms with Gasteiger partial charge in [-0.2, -0.15) is 0 Å². The molecule has 1 amide bonds. The summed E-state index contributed by atoms with van der Waals surface area (Å²) in [5.74, 6) is 0.452. The number of carbonyl (C=O) groups is 2. The number of carbonyl (C=O) groups excluding carboxylic acids is 2. The van der Waals surface area contributed by atoms with Crippen LogP contribution in [0.15, 0.2) is 41.0 Å². The van der Waals surface area contributed by atoms with Crippen molar-refractivity contribution < 1.29 is 19.1 Å². The lowest BCUT2D eigenvalue weighted by atomic mass is 10.1. The number of ketones is 1. The van der Waals surface area contributed by atoms with E-state index in [4.69, 9.17) is 9.52 Å². The molecule has 0 aromatic carbocycles. The van der Waals surface area contributed by atoms with Crippen LogP contribution in [0.3, 0.4) is 0 Å². The third-order valence-electron chi connectivity index (χ3n) is 2.77. The molecule has 0 fully saturated rings. The summed E-state index contributed by atoms with van der Waals surface area (Å²) in [5, 5.41) is 11.3. The van der Waals surface area contributed by atoms with Crippen molar-refractivity contribution >= 4 is 17.8 Å². The molecule has 0 saturated heterocycles. The maximum absolute atomic E-state index is 11.4. The number of unbranched alkanes of at least 4 members (excludes halogenated alkanes) is 2. The molecule has 114 valence electrons. The first-order valence-electron chi connectivity index (χ1n) is 7.01. The SMILES string of the molecule is O=C(CO)CCCCCNC(=O)/C=C/C=C/c1ccco1. The molecule has 1 aromatic heterocycles. The molecule has 0 atom stereocenters. The van der Waals surface area contributed by atoms with Gasteiger partial charge in [0.15, 0.2) is 5.78 Å². The highest BCUT2D eigenvalue weighted by atomic mass is 16.3. The van der Waals surface area contributed by atoms with Gasteiger partial charge in [-0.3, -0.25) is 9.59 Å². The minimum Gasteiger partial charge on any atom is -0.465 e. The molecule has 0 bridgehead atoms. The highest BCUT2D eigenvalue weighted by Crippen LogP contribution is 2.02. The van der Waals surface area contributed by atoms with Gasteiger partial charge in [0, 0.05) is 19.0 Å². The van der Waals surface area contributed by atoms with E-state index in [2.05, 4.69) is 5.32 Å². The van der Waals surface area contributed by atoms with Crippen LogP contribution in [-0.4, -0.2) is 29.9 Å². The maximum Gasteiger partial charge on any atom is 0.243 e. The van der Waals surface area contributed by atoms with Gasteiger partial charge < -0.3 is 14.8 Å². The van der Waals surface area contributed by atoms with Crippen LogP contribution in [0.4, 0.5) is 0 Å². The number of hydrogen-bond donors (Lipinski definition) is 2. The Hall–Kier alpha value is -2.14. The first kappa shape index (κ1) is 16.9. The summed E-state index contributed by atoms with van der Waals surface area (Å²) >= 11 is 0. The van der Waals surface area contributed by atoms with Gasteiger partial charge in [0.25, 0.3) is 0 Å². The van der Waals surface area contributed by atoms with Gasteiger partial charge in [-0.05, 0) is 31.1 Å². The molecule has 5 heteroatoms. The van der Waals surface area contributed by atoms with E-state index in [1.165, 1.54) is 6.08 Å². The molecule has 1 rings (SSSR count). The third kappa shape index (κ3) is 8.60. The van der Waals surface area contributed by atoms with Crippen molar-refractivity contribution in [1.82, 2.24) is 5.32 Å². The lowest BCUT2D eigenvalue weighted by Crippen LogP contribution is -2.22. The van der Waals surface area contributed by atoms with E-state index >= 15 is 0 Å². The van der Waals surface area contributed by atoms with Crippen LogP contribution in [-0.2, 0) is 9.59 Å². The van der Waals surface area contributed by atoms with Crippen molar-refractivity contribution in [3.63, 3.8) is 0 Å². The lowest BCUT2D eigenvalue weighted by Gasteiger charge is -2.01. The Bertz CT molecular complexity index is 474. The fraction of sp³-hybridized carbons (Fsp3) is 0.375. The summed E-state index contributed by atoms with van der Waals surface area (Å²) < 4.78 is 5.11. The fourth-order valence-electron chi connectivity index (χ4n) is 1.65. The minimum atomic E-state index is -0.382. The van der Waals surface area contributed by atoms with Gasteiger partial charge in [0.2, 0.25) is 5.91 Å². The lowest BCUT2D eigenvalue weighted by molar-refractivity contribution is -0.122. The molecule has 0 radical (unpaired) electrons. The van der Waals surface area contributed by atoms with E-state index in [9.17, 15) is 9.59 Å². The predicted octanol–water partition coefficient (Wildman–Crippen LogP) is 2.09. The Labute approximate surface area is 124 Å². The average molecular weight is 291 g/mol. The Morgan fingerprint density at radius 2 is 2.10 bits per heavy atom. The van der Waals surface area contributed by atoms with Crippen molar-refractivity contribution in [2.45, 2.75) is 25.7 Å². The second-order valence-corrected chi connectivity index (χ2v) is 4.53. The molecular formula is C16H21NO4. The van der Waals surface area contributed by atoms with Crippen molar-refractivity contribution in [3.05, 3.63) is 42.4 Å². The first-order valence-corrected chi connectivity index (χ1v) is 7.01. The fourth-order valence-corrected chi connectivity index (χ4v) is 1.65. The molecule has 0 aliphatic heterocycles. The smallest absolute Gasteiger partial charge is 0.243 e. The number of amides is 1. The number of aliphatic hydroxyl groups is 1. The van der Waals surface area contributed by atoms with Crippen LogP contribution >= 0.6 is 0 Å². The summed E-state index contributed by atoms with van der Waals surface area (Å²) in [4.78, 5) is 22.3. The second kappa shape index (κ2) is 10.6. The Kier molecular flexibility index (Phi) is 8.56. The summed E-state index contributed by atoms with van der Waals surface area (Å²) in [6.07, 6.45) is 11.0. The van der Waals surface area contributed by atoms with Crippen molar-refractivity contribution in [1.29, 1.82) is 0 Å². The van der Waals surface area contributed by atoms with Crippen molar-refractivity contribution in [2.24, 2.45) is 0 Å². The van der Waals surface area contributed by atoms with Gasteiger partial charge in [-0.1, -0.05) is 18.6 Å². The summed E-state index contributed by atoms with van der Waals surface area (Å²) in [6, 6.07) is 3.62. The number of hydrogen-bond acceptors (Lipinski definition) is 4. The molecule has 1 heterocycles. The zero-order chi connectivity index (χ0) is 15.3. The Morgan fingerprint density at radius 3 is 2.81 bits per heavy atom. The van der Waals surface area contributed by atoms with E-state index in [0.717, 1.165) is 25.0 Å². The van der Waals surface area contributed by atoms with E-state index < -0.39 is 0 Å². The summed E-state index contributed by atoms with van der Waals surface area (Å²) in [5.41, 5.74) is 0.